The number of rotatable bonds is 12. The van der Waals surface area contributed by atoms with Crippen LogP contribution in [0.25, 0.3) is 48.6 Å². The first kappa shape index (κ1) is 36.9. The molecule has 0 fully saturated rings. The van der Waals surface area contributed by atoms with Crippen molar-refractivity contribution in [2.45, 2.75) is 0 Å². The third kappa shape index (κ3) is 9.08. The van der Waals surface area contributed by atoms with Crippen molar-refractivity contribution >= 4 is 77.4 Å². The molecular weight excluding hydrogens is 701 g/mol. The minimum absolute atomic E-state index is 1.18. The Kier molecular flexibility index (Phi) is 11.7. The SMILES string of the molecule is C(=C\c1ccc([Si](c2ccc(/C=C/c3ccccc3)cc2)(c2ccc(/C=C/c3ccccc3)cc2)c2ccc(/C=C/c3ccccc3)cc2)cc1)/c1ccccc1. The van der Waals surface area contributed by atoms with Crippen LogP contribution in [0.2, 0.25) is 0 Å². The molecule has 0 bridgehead atoms. The Morgan fingerprint density at radius 2 is 0.333 bits per heavy atom. The van der Waals surface area contributed by atoms with E-state index in [0.717, 1.165) is 0 Å². The Bertz CT molecular complexity index is 2200. The third-order valence-corrected chi connectivity index (χ3v) is 15.2. The van der Waals surface area contributed by atoms with Gasteiger partial charge in [0, 0.05) is 0 Å². The Morgan fingerprint density at radius 1 is 0.175 bits per heavy atom. The molecule has 0 spiro atoms. The Morgan fingerprint density at radius 3 is 0.509 bits per heavy atom. The van der Waals surface area contributed by atoms with Gasteiger partial charge in [-0.05, 0) is 65.3 Å². The average Bonchev–Trinajstić information content (AvgIpc) is 3.29. The first-order valence-electron chi connectivity index (χ1n) is 19.6. The second-order valence-electron chi connectivity index (χ2n) is 14.2. The predicted molar refractivity (Wildman–Crippen MR) is 252 cm³/mol. The first-order chi connectivity index (χ1) is 28.2. The maximum absolute atomic E-state index is 2.84. The minimum Gasteiger partial charge on any atom is -0.0622 e. The van der Waals surface area contributed by atoms with E-state index in [4.69, 9.17) is 0 Å². The molecule has 0 aliphatic carbocycles. The van der Waals surface area contributed by atoms with Crippen LogP contribution in [-0.4, -0.2) is 8.07 Å². The molecule has 0 radical (unpaired) electrons. The predicted octanol–water partition coefficient (Wildman–Crippen LogP) is 11.7. The molecule has 0 unspecified atom stereocenters. The maximum atomic E-state index is 2.37. The quantitative estimate of drug-likeness (QED) is 0.0664. The van der Waals surface area contributed by atoms with Crippen LogP contribution < -0.4 is 20.7 Å². The minimum atomic E-state index is -2.84. The first-order valence-corrected chi connectivity index (χ1v) is 21.6. The van der Waals surface area contributed by atoms with E-state index in [1.165, 1.54) is 65.3 Å². The average molecular weight is 745 g/mol. The van der Waals surface area contributed by atoms with Gasteiger partial charge in [0.05, 0.1) is 0 Å². The zero-order chi connectivity index (χ0) is 38.5. The zero-order valence-electron chi connectivity index (χ0n) is 31.9. The summed E-state index contributed by atoms with van der Waals surface area (Å²) in [7, 11) is -2.84. The largest absolute Gasteiger partial charge is 0.179 e. The van der Waals surface area contributed by atoms with Gasteiger partial charge in [0.15, 0.2) is 8.07 Å². The molecule has 8 aromatic carbocycles. The van der Waals surface area contributed by atoms with Gasteiger partial charge in [0.25, 0.3) is 0 Å². The fraction of sp³-hybridized carbons (Fsp3) is 0. The van der Waals surface area contributed by atoms with Crippen LogP contribution in [0, 0.1) is 0 Å². The van der Waals surface area contributed by atoms with Crippen molar-refractivity contribution in [3.05, 3.63) is 263 Å². The fourth-order valence-corrected chi connectivity index (χ4v) is 12.1. The monoisotopic (exact) mass is 744 g/mol. The summed E-state index contributed by atoms with van der Waals surface area (Å²) in [5, 5.41) is 5.36. The highest BCUT2D eigenvalue weighted by Crippen LogP contribution is 2.17. The summed E-state index contributed by atoms with van der Waals surface area (Å²) >= 11 is 0. The third-order valence-electron chi connectivity index (χ3n) is 10.4. The molecule has 0 saturated heterocycles. The number of benzene rings is 8. The van der Waals surface area contributed by atoms with Crippen molar-refractivity contribution in [3.8, 4) is 0 Å². The topological polar surface area (TPSA) is 0 Å². The van der Waals surface area contributed by atoms with Crippen molar-refractivity contribution in [2.75, 3.05) is 0 Å². The molecule has 0 N–H and O–H groups in total. The van der Waals surface area contributed by atoms with Crippen LogP contribution >= 0.6 is 0 Å². The molecule has 0 saturated carbocycles. The van der Waals surface area contributed by atoms with Crippen molar-refractivity contribution < 1.29 is 0 Å². The highest BCUT2D eigenvalue weighted by Gasteiger charge is 2.41. The van der Waals surface area contributed by atoms with E-state index in [-0.39, 0.29) is 0 Å². The van der Waals surface area contributed by atoms with Crippen LogP contribution in [0.5, 0.6) is 0 Å². The molecule has 0 aliphatic heterocycles. The summed E-state index contributed by atoms with van der Waals surface area (Å²) in [6.45, 7) is 0. The second kappa shape index (κ2) is 18.0. The highest BCUT2D eigenvalue weighted by atomic mass is 28.3. The van der Waals surface area contributed by atoms with Gasteiger partial charge in [-0.25, -0.2) is 0 Å². The normalized spacial score (nSPS) is 11.9. The van der Waals surface area contributed by atoms with E-state index in [1.807, 2.05) is 0 Å². The maximum Gasteiger partial charge on any atom is 0.179 e. The Hall–Kier alpha value is -7.06. The van der Waals surface area contributed by atoms with E-state index in [2.05, 4.69) is 267 Å². The lowest BCUT2D eigenvalue weighted by molar-refractivity contribution is 1.62. The van der Waals surface area contributed by atoms with Crippen LogP contribution in [0.1, 0.15) is 44.5 Å². The van der Waals surface area contributed by atoms with Crippen molar-refractivity contribution in [2.24, 2.45) is 0 Å². The molecule has 1 heteroatoms. The summed E-state index contributed by atoms with van der Waals surface area (Å²) in [6, 6.07) is 79.1. The van der Waals surface area contributed by atoms with E-state index >= 15 is 0 Å². The molecular formula is C56H44Si. The number of hydrogen-bond acceptors (Lipinski definition) is 0. The number of hydrogen-bond donors (Lipinski definition) is 0. The van der Waals surface area contributed by atoms with Gasteiger partial charge in [-0.3, -0.25) is 0 Å². The van der Waals surface area contributed by atoms with Gasteiger partial charge in [-0.1, -0.05) is 267 Å². The van der Waals surface area contributed by atoms with Crippen LogP contribution in [0.4, 0.5) is 0 Å². The smallest absolute Gasteiger partial charge is 0.0622 e. The lowest BCUT2D eigenvalue weighted by atomic mass is 10.1. The highest BCUT2D eigenvalue weighted by molar-refractivity contribution is 7.19. The van der Waals surface area contributed by atoms with Crippen molar-refractivity contribution in [1.29, 1.82) is 0 Å². The molecule has 0 heterocycles. The van der Waals surface area contributed by atoms with Gasteiger partial charge in [-0.2, -0.15) is 0 Å². The fourth-order valence-electron chi connectivity index (χ4n) is 7.40. The lowest BCUT2D eigenvalue weighted by Crippen LogP contribution is -2.74. The van der Waals surface area contributed by atoms with Gasteiger partial charge in [0.1, 0.15) is 0 Å². The van der Waals surface area contributed by atoms with E-state index in [0.29, 0.717) is 0 Å². The second-order valence-corrected chi connectivity index (χ2v) is 18.0. The molecule has 0 nitrogen and oxygen atoms in total. The van der Waals surface area contributed by atoms with Gasteiger partial charge in [0.2, 0.25) is 0 Å². The molecule has 0 atom stereocenters. The molecule has 8 rings (SSSR count). The van der Waals surface area contributed by atoms with Crippen LogP contribution in [0.3, 0.4) is 0 Å². The lowest BCUT2D eigenvalue weighted by Gasteiger charge is -2.35. The molecule has 0 amide bonds. The standard InChI is InChI=1S/C56H44Si/c1-5-13-45(14-6-1)21-25-49-29-37-53(38-30-49)57(54-39-31-50(32-40-54)26-22-46-15-7-2-8-16-46,55-41-33-51(34-42-55)27-23-47-17-9-3-10-18-47)56-43-35-52(36-44-56)28-24-48-19-11-4-12-20-48/h1-44H/b25-21+,26-22+,27-23+,28-24+. The molecule has 8 aromatic rings. The summed E-state index contributed by atoms with van der Waals surface area (Å²) in [6.07, 6.45) is 17.6. The van der Waals surface area contributed by atoms with Gasteiger partial charge in [-0.15, -0.1) is 0 Å². The zero-order valence-corrected chi connectivity index (χ0v) is 32.9. The summed E-state index contributed by atoms with van der Waals surface area (Å²) in [5.74, 6) is 0. The molecule has 0 aliphatic rings. The van der Waals surface area contributed by atoms with E-state index < -0.39 is 8.07 Å². The molecule has 272 valence electrons. The van der Waals surface area contributed by atoms with Gasteiger partial charge >= 0.3 is 0 Å². The summed E-state index contributed by atoms with van der Waals surface area (Å²) < 4.78 is 0. The van der Waals surface area contributed by atoms with E-state index in [1.54, 1.807) is 0 Å². The van der Waals surface area contributed by atoms with Crippen molar-refractivity contribution in [1.82, 2.24) is 0 Å². The Labute approximate surface area is 338 Å². The summed E-state index contributed by atoms with van der Waals surface area (Å²) in [4.78, 5) is 0. The molecule has 57 heavy (non-hydrogen) atoms. The van der Waals surface area contributed by atoms with Crippen LogP contribution in [0.15, 0.2) is 218 Å². The van der Waals surface area contributed by atoms with Crippen LogP contribution in [-0.2, 0) is 0 Å². The molecule has 0 aromatic heterocycles. The summed E-state index contributed by atoms with van der Waals surface area (Å²) in [5.41, 5.74) is 9.46. The van der Waals surface area contributed by atoms with Crippen molar-refractivity contribution in [3.63, 3.8) is 0 Å². The Balaban J connectivity index is 1.25. The van der Waals surface area contributed by atoms with E-state index in [9.17, 15) is 0 Å². The van der Waals surface area contributed by atoms with Gasteiger partial charge < -0.3 is 0 Å².